The van der Waals surface area contributed by atoms with Crippen molar-refractivity contribution in [2.75, 3.05) is 26.2 Å². The second-order valence-corrected chi connectivity index (χ2v) is 7.27. The maximum Gasteiger partial charge on any atom is 0.222 e. The number of hydrogen-bond donors (Lipinski definition) is 1. The number of carbonyl (C=O) groups is 1. The van der Waals surface area contributed by atoms with E-state index in [0.29, 0.717) is 5.91 Å². The van der Waals surface area contributed by atoms with Crippen LogP contribution in [0.1, 0.15) is 51.9 Å². The second kappa shape index (κ2) is 6.46. The molecular weight excluding hydrogens is 248 g/mol. The summed E-state index contributed by atoms with van der Waals surface area (Å²) >= 11 is 0. The molecule has 20 heavy (non-hydrogen) atoms. The number of nitrogens with one attached hydrogen (secondary N) is 1. The van der Waals surface area contributed by atoms with Crippen LogP contribution < -0.4 is 5.32 Å². The summed E-state index contributed by atoms with van der Waals surface area (Å²) in [6.45, 7) is 6.34. The van der Waals surface area contributed by atoms with Crippen molar-refractivity contribution in [2.24, 2.45) is 23.7 Å². The summed E-state index contributed by atoms with van der Waals surface area (Å²) < 4.78 is 0. The van der Waals surface area contributed by atoms with Gasteiger partial charge in [-0.25, -0.2) is 0 Å². The molecule has 114 valence electrons. The molecule has 0 aromatic heterocycles. The lowest BCUT2D eigenvalue weighted by molar-refractivity contribution is -0.134. The van der Waals surface area contributed by atoms with E-state index in [0.717, 1.165) is 56.3 Å². The van der Waals surface area contributed by atoms with Crippen molar-refractivity contribution >= 4 is 5.91 Å². The molecule has 3 heteroatoms. The van der Waals surface area contributed by atoms with E-state index >= 15 is 0 Å². The number of likely N-dealkylation sites (tertiary alicyclic amines) is 1. The molecule has 1 aliphatic heterocycles. The Morgan fingerprint density at radius 2 is 1.95 bits per heavy atom. The van der Waals surface area contributed by atoms with Gasteiger partial charge in [0.15, 0.2) is 0 Å². The Labute approximate surface area is 123 Å². The molecule has 1 N–H and O–H groups in total. The van der Waals surface area contributed by atoms with Crippen LogP contribution in [-0.4, -0.2) is 37.0 Å². The van der Waals surface area contributed by atoms with E-state index in [4.69, 9.17) is 0 Å². The van der Waals surface area contributed by atoms with Crippen LogP contribution in [0.5, 0.6) is 0 Å². The van der Waals surface area contributed by atoms with Gasteiger partial charge >= 0.3 is 0 Å². The van der Waals surface area contributed by atoms with Crippen molar-refractivity contribution in [3.63, 3.8) is 0 Å². The maximum atomic E-state index is 12.5. The number of rotatable bonds is 5. The molecule has 0 aromatic carbocycles. The SMILES string of the molecule is CCNCC1CCN(C(=O)CC2CC3CCC2C3)CC1. The molecule has 0 aromatic rings. The zero-order valence-electron chi connectivity index (χ0n) is 12.9. The van der Waals surface area contributed by atoms with E-state index in [1.54, 1.807) is 0 Å². The maximum absolute atomic E-state index is 12.5. The Bertz CT molecular complexity index is 336. The lowest BCUT2D eigenvalue weighted by Gasteiger charge is -2.33. The third-order valence-electron chi connectivity index (χ3n) is 5.97. The number of piperidine rings is 1. The largest absolute Gasteiger partial charge is 0.343 e. The Kier molecular flexibility index (Phi) is 4.65. The second-order valence-electron chi connectivity index (χ2n) is 7.27. The number of fused-ring (bicyclic) bond motifs is 2. The molecule has 3 fully saturated rings. The standard InChI is InChI=1S/C17H30N2O/c1-2-18-12-13-5-7-19(8-6-13)17(20)11-16-10-14-3-4-15(16)9-14/h13-16,18H,2-12H2,1H3. The van der Waals surface area contributed by atoms with Gasteiger partial charge in [-0.05, 0) is 68.9 Å². The van der Waals surface area contributed by atoms with Gasteiger partial charge in [0.2, 0.25) is 5.91 Å². The third-order valence-corrected chi connectivity index (χ3v) is 5.97. The number of nitrogens with zero attached hydrogens (tertiary/aromatic N) is 1. The normalized spacial score (nSPS) is 33.9. The minimum absolute atomic E-state index is 0.449. The third kappa shape index (κ3) is 3.19. The molecular formula is C17H30N2O. The molecule has 3 aliphatic rings. The zero-order chi connectivity index (χ0) is 13.9. The average molecular weight is 278 g/mol. The molecule has 3 unspecified atom stereocenters. The molecule has 3 rings (SSSR count). The van der Waals surface area contributed by atoms with E-state index in [2.05, 4.69) is 17.1 Å². The Hall–Kier alpha value is -0.570. The van der Waals surface area contributed by atoms with Gasteiger partial charge in [-0.3, -0.25) is 4.79 Å². The lowest BCUT2D eigenvalue weighted by Crippen LogP contribution is -2.41. The van der Waals surface area contributed by atoms with Gasteiger partial charge in [-0.2, -0.15) is 0 Å². The highest BCUT2D eigenvalue weighted by Crippen LogP contribution is 2.49. The first-order chi connectivity index (χ1) is 9.76. The highest BCUT2D eigenvalue weighted by molar-refractivity contribution is 5.76. The summed E-state index contributed by atoms with van der Waals surface area (Å²) in [7, 11) is 0. The molecule has 1 saturated heterocycles. The van der Waals surface area contributed by atoms with E-state index < -0.39 is 0 Å². The summed E-state index contributed by atoms with van der Waals surface area (Å²) in [4.78, 5) is 14.6. The lowest BCUT2D eigenvalue weighted by atomic mass is 9.86. The fraction of sp³-hybridized carbons (Fsp3) is 0.941. The van der Waals surface area contributed by atoms with Crippen molar-refractivity contribution in [2.45, 2.75) is 51.9 Å². The van der Waals surface area contributed by atoms with Crippen molar-refractivity contribution in [1.82, 2.24) is 10.2 Å². The molecule has 2 saturated carbocycles. The van der Waals surface area contributed by atoms with Crippen molar-refractivity contribution in [3.05, 3.63) is 0 Å². The summed E-state index contributed by atoms with van der Waals surface area (Å²) in [5.41, 5.74) is 0. The number of carbonyl (C=O) groups excluding carboxylic acids is 1. The first kappa shape index (κ1) is 14.4. The van der Waals surface area contributed by atoms with Crippen molar-refractivity contribution in [1.29, 1.82) is 0 Å². The molecule has 0 radical (unpaired) electrons. The highest BCUT2D eigenvalue weighted by Gasteiger charge is 2.40. The molecule has 3 nitrogen and oxygen atoms in total. The van der Waals surface area contributed by atoms with Crippen LogP contribution in [0.2, 0.25) is 0 Å². The van der Waals surface area contributed by atoms with Crippen LogP contribution in [0.3, 0.4) is 0 Å². The molecule has 2 bridgehead atoms. The summed E-state index contributed by atoms with van der Waals surface area (Å²) in [6, 6.07) is 0. The van der Waals surface area contributed by atoms with E-state index in [1.807, 2.05) is 0 Å². The monoisotopic (exact) mass is 278 g/mol. The predicted octanol–water partition coefficient (Wildman–Crippen LogP) is 2.66. The van der Waals surface area contributed by atoms with Crippen LogP contribution in [-0.2, 0) is 4.79 Å². The van der Waals surface area contributed by atoms with E-state index in [1.165, 1.54) is 38.5 Å². The quantitative estimate of drug-likeness (QED) is 0.838. The van der Waals surface area contributed by atoms with Crippen LogP contribution in [0.25, 0.3) is 0 Å². The number of hydrogen-bond acceptors (Lipinski definition) is 2. The summed E-state index contributed by atoms with van der Waals surface area (Å²) in [5, 5.41) is 3.44. The predicted molar refractivity (Wildman–Crippen MR) is 81.4 cm³/mol. The van der Waals surface area contributed by atoms with Crippen LogP contribution >= 0.6 is 0 Å². The Balaban J connectivity index is 1.40. The molecule has 1 amide bonds. The van der Waals surface area contributed by atoms with Gasteiger partial charge in [0, 0.05) is 19.5 Å². The molecule has 0 spiro atoms. The van der Waals surface area contributed by atoms with E-state index in [9.17, 15) is 4.79 Å². The van der Waals surface area contributed by atoms with Crippen molar-refractivity contribution < 1.29 is 4.79 Å². The van der Waals surface area contributed by atoms with Crippen molar-refractivity contribution in [3.8, 4) is 0 Å². The van der Waals surface area contributed by atoms with E-state index in [-0.39, 0.29) is 0 Å². The number of amides is 1. The fourth-order valence-corrected chi connectivity index (χ4v) is 4.71. The van der Waals surface area contributed by atoms with Gasteiger partial charge in [-0.1, -0.05) is 13.3 Å². The molecule has 2 aliphatic carbocycles. The molecule has 3 atom stereocenters. The Morgan fingerprint density at radius 3 is 2.55 bits per heavy atom. The fourth-order valence-electron chi connectivity index (χ4n) is 4.71. The topological polar surface area (TPSA) is 32.3 Å². The van der Waals surface area contributed by atoms with Gasteiger partial charge < -0.3 is 10.2 Å². The molecule has 1 heterocycles. The smallest absolute Gasteiger partial charge is 0.222 e. The van der Waals surface area contributed by atoms with Crippen LogP contribution in [0, 0.1) is 23.7 Å². The van der Waals surface area contributed by atoms with Gasteiger partial charge in [0.1, 0.15) is 0 Å². The van der Waals surface area contributed by atoms with Crippen LogP contribution in [0.4, 0.5) is 0 Å². The summed E-state index contributed by atoms with van der Waals surface area (Å²) in [5.74, 6) is 3.80. The van der Waals surface area contributed by atoms with Gasteiger partial charge in [-0.15, -0.1) is 0 Å². The van der Waals surface area contributed by atoms with Gasteiger partial charge in [0.05, 0.1) is 0 Å². The highest BCUT2D eigenvalue weighted by atomic mass is 16.2. The summed E-state index contributed by atoms with van der Waals surface area (Å²) in [6.07, 6.45) is 8.82. The minimum atomic E-state index is 0.449. The Morgan fingerprint density at radius 1 is 1.15 bits per heavy atom. The average Bonchev–Trinajstić information content (AvgIpc) is 3.08. The first-order valence-electron chi connectivity index (χ1n) is 8.74. The van der Waals surface area contributed by atoms with Crippen LogP contribution in [0.15, 0.2) is 0 Å². The zero-order valence-corrected chi connectivity index (χ0v) is 12.9. The minimum Gasteiger partial charge on any atom is -0.343 e. The first-order valence-corrected chi connectivity index (χ1v) is 8.74. The van der Waals surface area contributed by atoms with Gasteiger partial charge in [0.25, 0.3) is 0 Å².